The van der Waals surface area contributed by atoms with Gasteiger partial charge < -0.3 is 14.7 Å². The van der Waals surface area contributed by atoms with Crippen LogP contribution < -0.4 is 4.87 Å². The Bertz CT molecular complexity index is 961. The number of thiazole rings is 1. The number of fused-ring (bicyclic) bond motifs is 1. The van der Waals surface area contributed by atoms with E-state index in [4.69, 9.17) is 21.4 Å². The van der Waals surface area contributed by atoms with Crippen LogP contribution in [0.1, 0.15) is 25.7 Å². The number of carbonyl (C=O) groups is 3. The van der Waals surface area contributed by atoms with E-state index in [1.165, 1.54) is 4.57 Å². The van der Waals surface area contributed by atoms with Crippen LogP contribution in [0.2, 0.25) is 5.02 Å². The largest absolute Gasteiger partial charge is 0.481 e. The first-order chi connectivity index (χ1) is 13.3. The second kappa shape index (κ2) is 8.74. The number of halogens is 1. The lowest BCUT2D eigenvalue weighted by atomic mass is 10.1. The van der Waals surface area contributed by atoms with E-state index < -0.39 is 11.9 Å². The predicted octanol–water partition coefficient (Wildman–Crippen LogP) is 2.12. The number of rotatable bonds is 6. The first-order valence-corrected chi connectivity index (χ1v) is 10.0. The van der Waals surface area contributed by atoms with Crippen molar-refractivity contribution >= 4 is 51.0 Å². The number of aromatic nitrogens is 1. The summed E-state index contributed by atoms with van der Waals surface area (Å²) in [4.78, 5) is 48.4. The highest BCUT2D eigenvalue weighted by atomic mass is 35.5. The normalized spacial score (nSPS) is 15.0. The number of carboxylic acid groups (broad SMARTS) is 1. The third-order valence-corrected chi connectivity index (χ3v) is 5.75. The molecule has 2 aromatic rings. The summed E-state index contributed by atoms with van der Waals surface area (Å²) in [7, 11) is 0. The maximum Gasteiger partial charge on any atom is 0.308 e. The molecular weight excluding hydrogens is 408 g/mol. The molecule has 28 heavy (non-hydrogen) atoms. The number of carboxylic acids is 1. The molecule has 0 radical (unpaired) electrons. The van der Waals surface area contributed by atoms with Crippen LogP contribution in [0.25, 0.3) is 10.2 Å². The van der Waals surface area contributed by atoms with Crippen molar-refractivity contribution in [2.45, 2.75) is 38.3 Å². The SMILES string of the molecule is O=C(O)CCC(=O)OC1CCN(C(=O)Cn2c(=O)sc3ccc(Cl)cc32)CC1. The highest BCUT2D eigenvalue weighted by Crippen LogP contribution is 2.22. The minimum absolute atomic E-state index is 0.0672. The van der Waals surface area contributed by atoms with Crippen LogP contribution >= 0.6 is 22.9 Å². The number of amides is 1. The first-order valence-electron chi connectivity index (χ1n) is 8.81. The molecule has 1 saturated heterocycles. The van der Waals surface area contributed by atoms with Crippen LogP contribution in [0.5, 0.6) is 0 Å². The monoisotopic (exact) mass is 426 g/mol. The molecule has 1 amide bonds. The molecule has 0 spiro atoms. The minimum atomic E-state index is -1.05. The number of piperidine rings is 1. The van der Waals surface area contributed by atoms with Crippen molar-refractivity contribution in [3.05, 3.63) is 32.9 Å². The van der Waals surface area contributed by atoms with E-state index in [-0.39, 0.29) is 36.3 Å². The van der Waals surface area contributed by atoms with Crippen molar-refractivity contribution in [2.75, 3.05) is 13.1 Å². The molecule has 1 N–H and O–H groups in total. The fourth-order valence-electron chi connectivity index (χ4n) is 3.10. The van der Waals surface area contributed by atoms with Crippen molar-refractivity contribution in [3.8, 4) is 0 Å². The second-order valence-corrected chi connectivity index (χ2v) is 7.96. The third-order valence-electron chi connectivity index (χ3n) is 4.56. The summed E-state index contributed by atoms with van der Waals surface area (Å²) in [5, 5.41) is 9.08. The zero-order valence-electron chi connectivity index (χ0n) is 14.9. The van der Waals surface area contributed by atoms with Gasteiger partial charge in [-0.15, -0.1) is 0 Å². The summed E-state index contributed by atoms with van der Waals surface area (Å²) in [5.74, 6) is -1.77. The van der Waals surface area contributed by atoms with E-state index in [1.54, 1.807) is 23.1 Å². The van der Waals surface area contributed by atoms with Gasteiger partial charge >= 0.3 is 16.8 Å². The smallest absolute Gasteiger partial charge is 0.308 e. The molecule has 0 bridgehead atoms. The first kappa shape index (κ1) is 20.3. The molecule has 150 valence electrons. The lowest BCUT2D eigenvalue weighted by Crippen LogP contribution is -2.43. The number of likely N-dealkylation sites (tertiary alicyclic amines) is 1. The summed E-state index contributed by atoms with van der Waals surface area (Å²) >= 11 is 7.07. The average molecular weight is 427 g/mol. The maximum absolute atomic E-state index is 12.6. The second-order valence-electron chi connectivity index (χ2n) is 6.53. The van der Waals surface area contributed by atoms with E-state index >= 15 is 0 Å². The Labute approximate surface area is 169 Å². The van der Waals surface area contributed by atoms with Gasteiger partial charge in [-0.1, -0.05) is 22.9 Å². The minimum Gasteiger partial charge on any atom is -0.481 e. The molecule has 3 rings (SSSR count). The lowest BCUT2D eigenvalue weighted by molar-refractivity contribution is -0.154. The van der Waals surface area contributed by atoms with E-state index in [0.717, 1.165) is 16.0 Å². The quantitative estimate of drug-likeness (QED) is 0.709. The highest BCUT2D eigenvalue weighted by molar-refractivity contribution is 7.16. The van der Waals surface area contributed by atoms with Gasteiger partial charge in [-0.05, 0) is 18.2 Å². The van der Waals surface area contributed by atoms with Crippen LogP contribution in [-0.2, 0) is 25.7 Å². The van der Waals surface area contributed by atoms with E-state index in [1.807, 2.05) is 0 Å². The molecule has 0 atom stereocenters. The summed E-state index contributed by atoms with van der Waals surface area (Å²) in [5.41, 5.74) is 0.637. The zero-order chi connectivity index (χ0) is 20.3. The topological polar surface area (TPSA) is 106 Å². The van der Waals surface area contributed by atoms with Crippen molar-refractivity contribution < 1.29 is 24.2 Å². The zero-order valence-corrected chi connectivity index (χ0v) is 16.5. The number of benzene rings is 1. The van der Waals surface area contributed by atoms with Crippen molar-refractivity contribution in [2.24, 2.45) is 0 Å². The Balaban J connectivity index is 1.55. The van der Waals surface area contributed by atoms with E-state index in [9.17, 15) is 19.2 Å². The molecule has 1 aromatic heterocycles. The van der Waals surface area contributed by atoms with Gasteiger partial charge in [0.15, 0.2) is 0 Å². The summed E-state index contributed by atoms with van der Waals surface area (Å²) < 4.78 is 7.45. The molecule has 0 aliphatic carbocycles. The summed E-state index contributed by atoms with van der Waals surface area (Å²) in [6.45, 7) is 0.753. The van der Waals surface area contributed by atoms with Gasteiger partial charge in [0.2, 0.25) is 5.91 Å². The number of hydrogen-bond donors (Lipinski definition) is 1. The van der Waals surface area contributed by atoms with E-state index in [0.29, 0.717) is 36.5 Å². The van der Waals surface area contributed by atoms with Gasteiger partial charge in [-0.2, -0.15) is 0 Å². The lowest BCUT2D eigenvalue weighted by Gasteiger charge is -2.31. The molecule has 2 heterocycles. The van der Waals surface area contributed by atoms with Crippen molar-refractivity contribution in [3.63, 3.8) is 0 Å². The van der Waals surface area contributed by atoms with Crippen LogP contribution in [-0.4, -0.2) is 51.6 Å². The van der Waals surface area contributed by atoms with Crippen molar-refractivity contribution in [1.29, 1.82) is 0 Å². The van der Waals surface area contributed by atoms with Crippen LogP contribution in [0, 0.1) is 0 Å². The van der Waals surface area contributed by atoms with Crippen LogP contribution in [0.15, 0.2) is 23.0 Å². The predicted molar refractivity (Wildman–Crippen MR) is 104 cm³/mol. The average Bonchev–Trinajstić information content (AvgIpc) is 2.95. The van der Waals surface area contributed by atoms with Gasteiger partial charge in [-0.25, -0.2) is 0 Å². The maximum atomic E-state index is 12.6. The highest BCUT2D eigenvalue weighted by Gasteiger charge is 2.26. The number of hydrogen-bond acceptors (Lipinski definition) is 6. The molecule has 1 aliphatic heterocycles. The molecular formula is C18H19ClN2O6S. The summed E-state index contributed by atoms with van der Waals surface area (Å²) in [6, 6.07) is 5.13. The Kier molecular flexibility index (Phi) is 6.35. The fourth-order valence-corrected chi connectivity index (χ4v) is 4.13. The molecule has 0 saturated carbocycles. The molecule has 8 nitrogen and oxygen atoms in total. The molecule has 0 unspecified atom stereocenters. The van der Waals surface area contributed by atoms with Gasteiger partial charge in [-0.3, -0.25) is 23.7 Å². The van der Waals surface area contributed by atoms with Crippen LogP contribution in [0.4, 0.5) is 0 Å². The van der Waals surface area contributed by atoms with Gasteiger partial charge in [0.05, 0.1) is 23.1 Å². The number of ether oxygens (including phenoxy) is 1. The number of nitrogens with zero attached hydrogens (tertiary/aromatic N) is 2. The van der Waals surface area contributed by atoms with Crippen LogP contribution in [0.3, 0.4) is 0 Å². The third kappa shape index (κ3) is 4.90. The van der Waals surface area contributed by atoms with Gasteiger partial charge in [0, 0.05) is 31.0 Å². The Morgan fingerprint density at radius 1 is 1.21 bits per heavy atom. The van der Waals surface area contributed by atoms with Crippen molar-refractivity contribution in [1.82, 2.24) is 9.47 Å². The Morgan fingerprint density at radius 3 is 2.61 bits per heavy atom. The number of carbonyl (C=O) groups excluding carboxylic acids is 2. The Hall–Kier alpha value is -2.39. The fraction of sp³-hybridized carbons (Fsp3) is 0.444. The molecule has 1 fully saturated rings. The number of aliphatic carboxylic acids is 1. The number of esters is 1. The molecule has 10 heteroatoms. The Morgan fingerprint density at radius 2 is 1.93 bits per heavy atom. The molecule has 1 aromatic carbocycles. The summed E-state index contributed by atoms with van der Waals surface area (Å²) in [6.07, 6.45) is 0.217. The van der Waals surface area contributed by atoms with Gasteiger partial charge in [0.1, 0.15) is 12.6 Å². The van der Waals surface area contributed by atoms with E-state index in [2.05, 4.69) is 0 Å². The van der Waals surface area contributed by atoms with Gasteiger partial charge in [0.25, 0.3) is 0 Å². The molecule has 1 aliphatic rings. The standard InChI is InChI=1S/C18H19ClN2O6S/c19-11-1-2-14-13(9-11)21(18(26)28-14)10-15(22)20-7-5-12(6-8-20)27-17(25)4-3-16(23)24/h1-2,9,12H,3-8,10H2,(H,23,24).